The Labute approximate surface area is 121 Å². The molecule has 1 aliphatic rings. The molecule has 0 bridgehead atoms. The molecule has 1 saturated heterocycles. The standard InChI is InChI=1S/C15H26N4O/c1-11(13-5-8-16-18-13)17-12-6-9-19(10-7-12)14(20)15(2,3)4/h5,8,11-12,17H,6-7,9-10H2,1-4H3,(H,16,18). The first-order valence-corrected chi connectivity index (χ1v) is 7.42. The lowest BCUT2D eigenvalue weighted by Crippen LogP contribution is -2.48. The molecule has 0 radical (unpaired) electrons. The van der Waals surface area contributed by atoms with Crippen molar-refractivity contribution < 1.29 is 4.79 Å². The third kappa shape index (κ3) is 3.60. The Kier molecular flexibility index (Phi) is 4.48. The number of carbonyl (C=O) groups excluding carboxylic acids is 1. The first-order valence-electron chi connectivity index (χ1n) is 7.42. The topological polar surface area (TPSA) is 61.0 Å². The number of aromatic nitrogens is 2. The molecule has 2 N–H and O–H groups in total. The van der Waals surface area contributed by atoms with Crippen LogP contribution in [0, 0.1) is 5.41 Å². The quantitative estimate of drug-likeness (QED) is 0.890. The van der Waals surface area contributed by atoms with Crippen molar-refractivity contribution in [1.82, 2.24) is 20.4 Å². The van der Waals surface area contributed by atoms with Gasteiger partial charge >= 0.3 is 0 Å². The molecule has 5 heteroatoms. The maximum absolute atomic E-state index is 12.2. The number of nitrogens with one attached hydrogen (secondary N) is 2. The minimum absolute atomic E-state index is 0.262. The van der Waals surface area contributed by atoms with Crippen LogP contribution in [-0.2, 0) is 4.79 Å². The molecule has 0 spiro atoms. The third-order valence-corrected chi connectivity index (χ3v) is 3.90. The highest BCUT2D eigenvalue weighted by atomic mass is 16.2. The van der Waals surface area contributed by atoms with E-state index in [4.69, 9.17) is 0 Å². The van der Waals surface area contributed by atoms with Crippen molar-refractivity contribution in [1.29, 1.82) is 0 Å². The molecule has 1 aliphatic heterocycles. The minimum atomic E-state index is -0.274. The summed E-state index contributed by atoms with van der Waals surface area (Å²) in [5.41, 5.74) is 0.835. The van der Waals surface area contributed by atoms with Crippen molar-refractivity contribution in [3.05, 3.63) is 18.0 Å². The summed E-state index contributed by atoms with van der Waals surface area (Å²) < 4.78 is 0. The smallest absolute Gasteiger partial charge is 0.227 e. The molecule has 0 aromatic carbocycles. The number of rotatable bonds is 3. The van der Waals surface area contributed by atoms with Crippen LogP contribution in [0.3, 0.4) is 0 Å². The summed E-state index contributed by atoms with van der Waals surface area (Å²) in [6.45, 7) is 9.80. The summed E-state index contributed by atoms with van der Waals surface area (Å²) in [5, 5.41) is 10.6. The molecule has 0 aliphatic carbocycles. The van der Waals surface area contributed by atoms with Crippen molar-refractivity contribution in [2.75, 3.05) is 13.1 Å². The number of piperidine rings is 1. The molecular formula is C15H26N4O. The highest BCUT2D eigenvalue weighted by molar-refractivity contribution is 5.81. The van der Waals surface area contributed by atoms with E-state index in [1.165, 1.54) is 0 Å². The molecule has 2 rings (SSSR count). The molecule has 20 heavy (non-hydrogen) atoms. The number of nitrogens with zero attached hydrogens (tertiary/aromatic N) is 2. The lowest BCUT2D eigenvalue weighted by molar-refractivity contribution is -0.140. The van der Waals surface area contributed by atoms with Gasteiger partial charge in [0.25, 0.3) is 0 Å². The Morgan fingerprint density at radius 2 is 2.10 bits per heavy atom. The maximum Gasteiger partial charge on any atom is 0.227 e. The van der Waals surface area contributed by atoms with Gasteiger partial charge in [0.05, 0.1) is 5.69 Å². The minimum Gasteiger partial charge on any atom is -0.342 e. The first kappa shape index (κ1) is 15.0. The van der Waals surface area contributed by atoms with Gasteiger partial charge in [0.2, 0.25) is 5.91 Å². The summed E-state index contributed by atoms with van der Waals surface area (Å²) in [7, 11) is 0. The molecule has 1 aromatic rings. The number of aromatic amines is 1. The van der Waals surface area contributed by atoms with Crippen LogP contribution in [-0.4, -0.2) is 40.1 Å². The second-order valence-corrected chi connectivity index (χ2v) is 6.72. The molecule has 1 atom stereocenters. The van der Waals surface area contributed by atoms with Crippen molar-refractivity contribution in [3.8, 4) is 0 Å². The molecule has 1 unspecified atom stereocenters. The van der Waals surface area contributed by atoms with Crippen LogP contribution in [0.2, 0.25) is 0 Å². The Hall–Kier alpha value is -1.36. The zero-order chi connectivity index (χ0) is 14.8. The highest BCUT2D eigenvalue weighted by Crippen LogP contribution is 2.22. The molecule has 1 amide bonds. The van der Waals surface area contributed by atoms with Crippen LogP contribution in [0.1, 0.15) is 52.3 Å². The van der Waals surface area contributed by atoms with E-state index >= 15 is 0 Å². The molecule has 0 saturated carbocycles. The second kappa shape index (κ2) is 5.95. The fourth-order valence-corrected chi connectivity index (χ4v) is 2.67. The van der Waals surface area contributed by atoms with Crippen molar-refractivity contribution >= 4 is 5.91 Å². The molecular weight excluding hydrogens is 252 g/mol. The van der Waals surface area contributed by atoms with Gasteiger partial charge in [-0.25, -0.2) is 0 Å². The maximum atomic E-state index is 12.2. The van der Waals surface area contributed by atoms with Crippen LogP contribution >= 0.6 is 0 Å². The average Bonchev–Trinajstić information content (AvgIpc) is 2.91. The van der Waals surface area contributed by atoms with E-state index in [9.17, 15) is 4.79 Å². The van der Waals surface area contributed by atoms with Gasteiger partial charge in [-0.2, -0.15) is 5.10 Å². The summed E-state index contributed by atoms with van der Waals surface area (Å²) in [6.07, 6.45) is 3.80. The largest absolute Gasteiger partial charge is 0.342 e. The summed E-state index contributed by atoms with van der Waals surface area (Å²) in [5.74, 6) is 0.262. The van der Waals surface area contributed by atoms with Crippen LogP contribution in [0.25, 0.3) is 0 Å². The number of amides is 1. The Morgan fingerprint density at radius 1 is 1.45 bits per heavy atom. The van der Waals surface area contributed by atoms with Gasteiger partial charge in [0.15, 0.2) is 0 Å². The fraction of sp³-hybridized carbons (Fsp3) is 0.733. The van der Waals surface area contributed by atoms with E-state index in [0.29, 0.717) is 6.04 Å². The predicted molar refractivity (Wildman–Crippen MR) is 79.2 cm³/mol. The summed E-state index contributed by atoms with van der Waals surface area (Å²) in [6, 6.07) is 2.74. The van der Waals surface area contributed by atoms with Crippen LogP contribution in [0.5, 0.6) is 0 Å². The number of hydrogen-bond acceptors (Lipinski definition) is 3. The van der Waals surface area contributed by atoms with Crippen molar-refractivity contribution in [2.24, 2.45) is 5.41 Å². The van der Waals surface area contributed by atoms with E-state index in [1.807, 2.05) is 31.7 Å². The van der Waals surface area contributed by atoms with Gasteiger partial charge in [-0.1, -0.05) is 20.8 Å². The lowest BCUT2D eigenvalue weighted by Gasteiger charge is -2.36. The normalized spacial score (nSPS) is 19.1. The van der Waals surface area contributed by atoms with Crippen LogP contribution < -0.4 is 5.32 Å². The Bertz CT molecular complexity index is 427. The molecule has 1 aromatic heterocycles. The highest BCUT2D eigenvalue weighted by Gasteiger charge is 2.30. The fourth-order valence-electron chi connectivity index (χ4n) is 2.67. The number of hydrogen-bond donors (Lipinski definition) is 2. The van der Waals surface area contributed by atoms with Gasteiger partial charge in [0.1, 0.15) is 0 Å². The lowest BCUT2D eigenvalue weighted by atomic mass is 9.93. The first-order chi connectivity index (χ1) is 9.38. The van der Waals surface area contributed by atoms with Crippen LogP contribution in [0.15, 0.2) is 12.3 Å². The van der Waals surface area contributed by atoms with Gasteiger partial charge in [-0.15, -0.1) is 0 Å². The van der Waals surface area contributed by atoms with Crippen molar-refractivity contribution in [3.63, 3.8) is 0 Å². The predicted octanol–water partition coefficient (Wildman–Crippen LogP) is 2.10. The molecule has 5 nitrogen and oxygen atoms in total. The van der Waals surface area contributed by atoms with Gasteiger partial charge in [-0.05, 0) is 25.8 Å². The Balaban J connectivity index is 1.81. The number of likely N-dealkylation sites (tertiary alicyclic amines) is 1. The van der Waals surface area contributed by atoms with E-state index < -0.39 is 0 Å². The Morgan fingerprint density at radius 3 is 2.60 bits per heavy atom. The average molecular weight is 278 g/mol. The van der Waals surface area contributed by atoms with Gasteiger partial charge in [-0.3, -0.25) is 9.89 Å². The van der Waals surface area contributed by atoms with E-state index in [-0.39, 0.29) is 17.4 Å². The molecule has 1 fully saturated rings. The zero-order valence-corrected chi connectivity index (χ0v) is 12.9. The van der Waals surface area contributed by atoms with E-state index in [0.717, 1.165) is 31.6 Å². The number of carbonyl (C=O) groups is 1. The van der Waals surface area contributed by atoms with E-state index in [2.05, 4.69) is 22.4 Å². The van der Waals surface area contributed by atoms with Crippen molar-refractivity contribution in [2.45, 2.75) is 52.6 Å². The summed E-state index contributed by atoms with van der Waals surface area (Å²) in [4.78, 5) is 14.2. The van der Waals surface area contributed by atoms with Gasteiger partial charge in [0, 0.05) is 36.8 Å². The number of H-pyrrole nitrogens is 1. The van der Waals surface area contributed by atoms with E-state index in [1.54, 1.807) is 6.20 Å². The SMILES string of the molecule is CC(NC1CCN(C(=O)C(C)(C)C)CC1)c1ccn[nH]1. The van der Waals surface area contributed by atoms with Crippen LogP contribution in [0.4, 0.5) is 0 Å². The molecule has 112 valence electrons. The monoisotopic (exact) mass is 278 g/mol. The zero-order valence-electron chi connectivity index (χ0n) is 12.9. The molecule has 2 heterocycles. The summed E-state index contributed by atoms with van der Waals surface area (Å²) >= 11 is 0. The second-order valence-electron chi connectivity index (χ2n) is 6.72. The third-order valence-electron chi connectivity index (χ3n) is 3.90. The van der Waals surface area contributed by atoms with Gasteiger partial charge < -0.3 is 10.2 Å².